The van der Waals surface area contributed by atoms with E-state index in [0.29, 0.717) is 12.2 Å². The zero-order chi connectivity index (χ0) is 15.0. The second-order valence-electron chi connectivity index (χ2n) is 5.50. The minimum atomic E-state index is -0.654. The lowest BCUT2D eigenvalue weighted by Gasteiger charge is -2.08. The molecule has 1 N–H and O–H groups in total. The summed E-state index contributed by atoms with van der Waals surface area (Å²) in [6.45, 7) is 6.86. The Hall–Kier alpha value is -2.07. The number of benzene rings is 1. The Kier molecular flexibility index (Phi) is 3.55. The van der Waals surface area contributed by atoms with Gasteiger partial charge in [-0.2, -0.15) is 5.10 Å². The Bertz CT molecular complexity index is 770. The minimum absolute atomic E-state index is 0.507. The molecule has 1 atom stereocenters. The highest BCUT2D eigenvalue weighted by atomic mass is 16.4. The topological polar surface area (TPSA) is 51.2 Å². The van der Waals surface area contributed by atoms with Crippen molar-refractivity contribution in [2.75, 3.05) is 0 Å². The number of fused-ring (bicyclic) bond motifs is 1. The number of aliphatic hydroxyl groups is 1. The van der Waals surface area contributed by atoms with Gasteiger partial charge in [-0.05, 0) is 45.0 Å². The third-order valence-corrected chi connectivity index (χ3v) is 3.71. The van der Waals surface area contributed by atoms with Crippen LogP contribution in [0.4, 0.5) is 0 Å². The molecule has 0 saturated heterocycles. The largest absolute Gasteiger partial charge is 0.458 e. The van der Waals surface area contributed by atoms with Crippen LogP contribution < -0.4 is 0 Å². The third-order valence-electron chi connectivity index (χ3n) is 3.71. The summed E-state index contributed by atoms with van der Waals surface area (Å²) in [7, 11) is 0. The molecule has 2 heterocycles. The van der Waals surface area contributed by atoms with Gasteiger partial charge in [-0.3, -0.25) is 4.68 Å². The summed E-state index contributed by atoms with van der Waals surface area (Å²) in [5.41, 5.74) is 4.00. The van der Waals surface area contributed by atoms with Gasteiger partial charge in [0, 0.05) is 24.0 Å². The van der Waals surface area contributed by atoms with Crippen molar-refractivity contribution >= 4 is 11.0 Å². The van der Waals surface area contributed by atoms with E-state index < -0.39 is 6.10 Å². The maximum atomic E-state index is 10.4. The molecule has 0 fully saturated rings. The minimum Gasteiger partial charge on any atom is -0.458 e. The van der Waals surface area contributed by atoms with Gasteiger partial charge in [-0.1, -0.05) is 11.6 Å². The summed E-state index contributed by atoms with van der Waals surface area (Å²) in [6.07, 6.45) is -0.146. The zero-order valence-corrected chi connectivity index (χ0v) is 12.6. The second kappa shape index (κ2) is 5.37. The van der Waals surface area contributed by atoms with Gasteiger partial charge < -0.3 is 9.52 Å². The van der Waals surface area contributed by atoms with Crippen LogP contribution in [0.2, 0.25) is 0 Å². The summed E-state index contributed by atoms with van der Waals surface area (Å²) >= 11 is 0. The van der Waals surface area contributed by atoms with Crippen LogP contribution in [0.1, 0.15) is 35.7 Å². The molecule has 3 aromatic rings. The Balaban J connectivity index is 1.87. The smallest absolute Gasteiger partial charge is 0.134 e. The predicted molar refractivity (Wildman–Crippen MR) is 82.3 cm³/mol. The summed E-state index contributed by atoms with van der Waals surface area (Å²) < 4.78 is 7.68. The van der Waals surface area contributed by atoms with Gasteiger partial charge in [0.05, 0.1) is 5.69 Å². The van der Waals surface area contributed by atoms with Gasteiger partial charge >= 0.3 is 0 Å². The van der Waals surface area contributed by atoms with Gasteiger partial charge in [-0.25, -0.2) is 0 Å². The molecule has 3 rings (SSSR count). The average Bonchev–Trinajstić information content (AvgIpc) is 3.01. The number of rotatable bonds is 4. The van der Waals surface area contributed by atoms with Crippen molar-refractivity contribution in [2.45, 2.75) is 39.8 Å². The lowest BCUT2D eigenvalue weighted by molar-refractivity contribution is 0.150. The predicted octanol–water partition coefficient (Wildman–Crippen LogP) is 3.54. The SMILES string of the molecule is CCn1nc(C)cc1CC(O)c1cc2cc(C)ccc2o1. The molecule has 4 heteroatoms. The quantitative estimate of drug-likeness (QED) is 0.797. The Morgan fingerprint density at radius 1 is 1.24 bits per heavy atom. The Morgan fingerprint density at radius 2 is 2.05 bits per heavy atom. The monoisotopic (exact) mass is 284 g/mol. The fraction of sp³-hybridized carbons (Fsp3) is 0.353. The Morgan fingerprint density at radius 3 is 2.81 bits per heavy atom. The van der Waals surface area contributed by atoms with E-state index in [1.807, 2.05) is 49.7 Å². The molecule has 0 aliphatic rings. The number of hydrogen-bond donors (Lipinski definition) is 1. The number of nitrogens with zero attached hydrogens (tertiary/aromatic N) is 2. The van der Waals surface area contributed by atoms with E-state index in [4.69, 9.17) is 4.42 Å². The number of aryl methyl sites for hydroxylation is 3. The standard InChI is InChI=1S/C17H20N2O2/c1-4-19-14(8-12(3)18-19)10-15(20)17-9-13-7-11(2)5-6-16(13)21-17/h5-9,15,20H,4,10H2,1-3H3. The van der Waals surface area contributed by atoms with Crippen molar-refractivity contribution in [1.82, 2.24) is 9.78 Å². The van der Waals surface area contributed by atoms with E-state index in [0.717, 1.165) is 28.9 Å². The summed E-state index contributed by atoms with van der Waals surface area (Å²) in [5.74, 6) is 0.608. The highest BCUT2D eigenvalue weighted by Gasteiger charge is 2.17. The van der Waals surface area contributed by atoms with Gasteiger partial charge in [0.15, 0.2) is 0 Å². The Labute approximate surface area is 124 Å². The fourth-order valence-electron chi connectivity index (χ4n) is 2.68. The molecule has 0 aliphatic carbocycles. The highest BCUT2D eigenvalue weighted by molar-refractivity contribution is 5.78. The first kappa shape index (κ1) is 13.9. The molecule has 0 radical (unpaired) electrons. The summed E-state index contributed by atoms with van der Waals surface area (Å²) in [5, 5.41) is 15.9. The maximum Gasteiger partial charge on any atom is 0.134 e. The molecular formula is C17H20N2O2. The number of furan rings is 1. The van der Waals surface area contributed by atoms with Crippen molar-refractivity contribution in [2.24, 2.45) is 0 Å². The molecule has 0 saturated carbocycles. The van der Waals surface area contributed by atoms with Crippen LogP contribution in [-0.4, -0.2) is 14.9 Å². The number of aromatic nitrogens is 2. The van der Waals surface area contributed by atoms with E-state index in [9.17, 15) is 5.11 Å². The number of aliphatic hydroxyl groups excluding tert-OH is 1. The summed E-state index contributed by atoms with van der Waals surface area (Å²) in [4.78, 5) is 0. The molecule has 4 nitrogen and oxygen atoms in total. The number of hydrogen-bond acceptors (Lipinski definition) is 3. The van der Waals surface area contributed by atoms with Crippen LogP contribution in [0.5, 0.6) is 0 Å². The van der Waals surface area contributed by atoms with Gasteiger partial charge in [0.2, 0.25) is 0 Å². The fourth-order valence-corrected chi connectivity index (χ4v) is 2.68. The first-order valence-corrected chi connectivity index (χ1v) is 7.28. The zero-order valence-electron chi connectivity index (χ0n) is 12.6. The molecule has 110 valence electrons. The molecule has 0 spiro atoms. The lowest BCUT2D eigenvalue weighted by atomic mass is 10.1. The van der Waals surface area contributed by atoms with Gasteiger partial charge in [0.25, 0.3) is 0 Å². The van der Waals surface area contributed by atoms with Crippen molar-refractivity contribution < 1.29 is 9.52 Å². The van der Waals surface area contributed by atoms with E-state index in [1.54, 1.807) is 0 Å². The van der Waals surface area contributed by atoms with Crippen LogP contribution in [0.3, 0.4) is 0 Å². The average molecular weight is 284 g/mol. The molecule has 21 heavy (non-hydrogen) atoms. The molecule has 0 bridgehead atoms. The first-order valence-electron chi connectivity index (χ1n) is 7.28. The van der Waals surface area contributed by atoms with Crippen LogP contribution in [0, 0.1) is 13.8 Å². The molecule has 1 aromatic carbocycles. The van der Waals surface area contributed by atoms with Crippen LogP contribution >= 0.6 is 0 Å². The highest BCUT2D eigenvalue weighted by Crippen LogP contribution is 2.27. The van der Waals surface area contributed by atoms with E-state index in [1.165, 1.54) is 5.56 Å². The maximum absolute atomic E-state index is 10.4. The first-order chi connectivity index (χ1) is 10.1. The van der Waals surface area contributed by atoms with E-state index in [2.05, 4.69) is 11.2 Å². The lowest BCUT2D eigenvalue weighted by Crippen LogP contribution is -2.07. The second-order valence-corrected chi connectivity index (χ2v) is 5.50. The van der Waals surface area contributed by atoms with Crippen molar-refractivity contribution in [1.29, 1.82) is 0 Å². The van der Waals surface area contributed by atoms with Crippen LogP contribution in [0.15, 0.2) is 34.7 Å². The van der Waals surface area contributed by atoms with E-state index in [-0.39, 0.29) is 0 Å². The third kappa shape index (κ3) is 2.72. The molecular weight excluding hydrogens is 264 g/mol. The van der Waals surface area contributed by atoms with Gasteiger partial charge in [0.1, 0.15) is 17.4 Å². The van der Waals surface area contributed by atoms with Crippen molar-refractivity contribution in [3.8, 4) is 0 Å². The molecule has 0 amide bonds. The van der Waals surface area contributed by atoms with E-state index >= 15 is 0 Å². The normalized spacial score (nSPS) is 13.0. The molecule has 0 aliphatic heterocycles. The van der Waals surface area contributed by atoms with Crippen LogP contribution in [0.25, 0.3) is 11.0 Å². The van der Waals surface area contributed by atoms with Crippen molar-refractivity contribution in [3.63, 3.8) is 0 Å². The molecule has 1 unspecified atom stereocenters. The molecule has 2 aromatic heterocycles. The van der Waals surface area contributed by atoms with Gasteiger partial charge in [-0.15, -0.1) is 0 Å². The van der Waals surface area contributed by atoms with Crippen molar-refractivity contribution in [3.05, 3.63) is 53.0 Å². The van der Waals surface area contributed by atoms with Crippen LogP contribution in [-0.2, 0) is 13.0 Å². The summed E-state index contributed by atoms with van der Waals surface area (Å²) in [6, 6.07) is 9.96.